The van der Waals surface area contributed by atoms with Gasteiger partial charge in [-0.05, 0) is 58.0 Å². The van der Waals surface area contributed by atoms with Crippen LogP contribution in [0.25, 0.3) is 22.6 Å². The number of nitrogens with zero attached hydrogens (tertiary/aromatic N) is 5. The van der Waals surface area contributed by atoms with Gasteiger partial charge in [-0.15, -0.1) is 5.10 Å². The SMILES string of the molecule is Cc1cccc(-n2nc(NC(=O)OC(C)(C)C)cc2-c2ccn3nccc3c2)n1. The molecule has 4 aromatic rings. The van der Waals surface area contributed by atoms with Gasteiger partial charge in [0.25, 0.3) is 0 Å². The maximum absolute atomic E-state index is 12.2. The molecule has 148 valence electrons. The number of carbonyl (C=O) groups is 1. The summed E-state index contributed by atoms with van der Waals surface area (Å²) < 4.78 is 8.84. The number of pyridine rings is 2. The lowest BCUT2D eigenvalue weighted by Crippen LogP contribution is -2.27. The zero-order chi connectivity index (χ0) is 20.6. The zero-order valence-electron chi connectivity index (χ0n) is 16.7. The monoisotopic (exact) mass is 390 g/mol. The largest absolute Gasteiger partial charge is 0.444 e. The lowest BCUT2D eigenvalue weighted by Gasteiger charge is -2.19. The Balaban J connectivity index is 1.77. The Hall–Kier alpha value is -3.68. The lowest BCUT2D eigenvalue weighted by atomic mass is 10.2. The van der Waals surface area contributed by atoms with E-state index in [1.54, 1.807) is 21.5 Å². The van der Waals surface area contributed by atoms with Crippen LogP contribution in [0.1, 0.15) is 26.5 Å². The molecule has 0 radical (unpaired) electrons. The minimum Gasteiger partial charge on any atom is -0.444 e. The number of carbonyl (C=O) groups excluding carboxylic acids is 1. The Morgan fingerprint density at radius 3 is 2.72 bits per heavy atom. The second kappa shape index (κ2) is 7.05. The van der Waals surface area contributed by atoms with E-state index < -0.39 is 11.7 Å². The maximum atomic E-state index is 12.2. The van der Waals surface area contributed by atoms with Gasteiger partial charge in [-0.3, -0.25) is 5.32 Å². The van der Waals surface area contributed by atoms with Gasteiger partial charge in [0.15, 0.2) is 11.6 Å². The van der Waals surface area contributed by atoms with E-state index in [2.05, 4.69) is 20.5 Å². The first-order valence-electron chi connectivity index (χ1n) is 9.26. The van der Waals surface area contributed by atoms with Crippen molar-refractivity contribution in [1.82, 2.24) is 24.4 Å². The third-order valence-electron chi connectivity index (χ3n) is 4.12. The van der Waals surface area contributed by atoms with Crippen molar-refractivity contribution in [2.75, 3.05) is 5.32 Å². The first kappa shape index (κ1) is 18.7. The van der Waals surface area contributed by atoms with E-state index in [0.717, 1.165) is 22.5 Å². The zero-order valence-corrected chi connectivity index (χ0v) is 16.7. The van der Waals surface area contributed by atoms with Crippen molar-refractivity contribution in [2.45, 2.75) is 33.3 Å². The molecule has 0 spiro atoms. The van der Waals surface area contributed by atoms with Gasteiger partial charge >= 0.3 is 6.09 Å². The summed E-state index contributed by atoms with van der Waals surface area (Å²) in [6.45, 7) is 7.36. The van der Waals surface area contributed by atoms with E-state index in [0.29, 0.717) is 11.6 Å². The summed E-state index contributed by atoms with van der Waals surface area (Å²) in [5, 5.41) is 11.5. The third kappa shape index (κ3) is 4.11. The van der Waals surface area contributed by atoms with E-state index >= 15 is 0 Å². The van der Waals surface area contributed by atoms with E-state index in [1.165, 1.54) is 0 Å². The predicted octanol–water partition coefficient (Wildman–Crippen LogP) is 4.24. The van der Waals surface area contributed by atoms with E-state index in [4.69, 9.17) is 4.74 Å². The van der Waals surface area contributed by atoms with E-state index in [-0.39, 0.29) is 0 Å². The van der Waals surface area contributed by atoms with Crippen LogP contribution in [0.2, 0.25) is 0 Å². The first-order chi connectivity index (χ1) is 13.8. The van der Waals surface area contributed by atoms with Crippen molar-refractivity contribution in [3.8, 4) is 17.1 Å². The quantitative estimate of drug-likeness (QED) is 0.565. The molecule has 0 atom stereocenters. The smallest absolute Gasteiger partial charge is 0.413 e. The minimum absolute atomic E-state index is 0.380. The summed E-state index contributed by atoms with van der Waals surface area (Å²) in [6, 6.07) is 13.4. The topological polar surface area (TPSA) is 86.3 Å². The molecule has 29 heavy (non-hydrogen) atoms. The number of anilines is 1. The molecule has 0 aliphatic rings. The highest BCUT2D eigenvalue weighted by Crippen LogP contribution is 2.27. The van der Waals surface area contributed by atoms with Gasteiger partial charge in [-0.1, -0.05) is 6.07 Å². The highest BCUT2D eigenvalue weighted by atomic mass is 16.6. The predicted molar refractivity (Wildman–Crippen MR) is 110 cm³/mol. The van der Waals surface area contributed by atoms with Crippen molar-refractivity contribution in [2.24, 2.45) is 0 Å². The molecule has 4 aromatic heterocycles. The summed E-state index contributed by atoms with van der Waals surface area (Å²) in [5.74, 6) is 1.04. The second-order valence-corrected chi connectivity index (χ2v) is 7.71. The summed E-state index contributed by atoms with van der Waals surface area (Å²) in [5.41, 5.74) is 2.94. The number of hydrogen-bond donors (Lipinski definition) is 1. The molecule has 1 amide bonds. The number of fused-ring (bicyclic) bond motifs is 1. The molecule has 8 nitrogen and oxygen atoms in total. The average molecular weight is 390 g/mol. The van der Waals surface area contributed by atoms with Crippen LogP contribution in [0.5, 0.6) is 0 Å². The van der Waals surface area contributed by atoms with Crippen LogP contribution in [-0.2, 0) is 4.74 Å². The Bertz CT molecular complexity index is 1190. The average Bonchev–Trinajstić information content (AvgIpc) is 3.26. The molecular formula is C21H22N6O2. The van der Waals surface area contributed by atoms with Gasteiger partial charge in [0.1, 0.15) is 5.60 Å². The van der Waals surface area contributed by atoms with Gasteiger partial charge in [-0.2, -0.15) is 5.10 Å². The number of nitrogens with one attached hydrogen (secondary N) is 1. The minimum atomic E-state index is -0.597. The highest BCUT2D eigenvalue weighted by molar-refractivity contribution is 5.85. The molecule has 8 heteroatoms. The summed E-state index contributed by atoms with van der Waals surface area (Å²) >= 11 is 0. The van der Waals surface area contributed by atoms with Crippen molar-refractivity contribution in [3.05, 3.63) is 60.6 Å². The van der Waals surface area contributed by atoms with Crippen molar-refractivity contribution in [3.63, 3.8) is 0 Å². The Morgan fingerprint density at radius 1 is 1.14 bits per heavy atom. The molecule has 1 N–H and O–H groups in total. The van der Waals surface area contributed by atoms with Crippen LogP contribution in [0, 0.1) is 6.92 Å². The van der Waals surface area contributed by atoms with Crippen molar-refractivity contribution in [1.29, 1.82) is 0 Å². The first-order valence-corrected chi connectivity index (χ1v) is 9.26. The molecule has 0 unspecified atom stereocenters. The van der Waals surface area contributed by atoms with Gasteiger partial charge in [0.05, 0.1) is 11.2 Å². The van der Waals surface area contributed by atoms with Gasteiger partial charge in [-0.25, -0.2) is 19.0 Å². The number of aromatic nitrogens is 5. The van der Waals surface area contributed by atoms with Crippen LogP contribution in [0.15, 0.2) is 54.9 Å². The highest BCUT2D eigenvalue weighted by Gasteiger charge is 2.19. The standard InChI is InChI=1S/C21H22N6O2/c1-14-6-5-7-19(23-14)27-17(15-9-11-26-16(12-15)8-10-22-26)13-18(25-27)24-20(28)29-21(2,3)4/h5-13H,1-4H3,(H,24,25,28). The van der Waals surface area contributed by atoms with Crippen molar-refractivity contribution >= 4 is 17.4 Å². The molecule has 4 heterocycles. The maximum Gasteiger partial charge on any atom is 0.413 e. The van der Waals surface area contributed by atoms with Crippen molar-refractivity contribution < 1.29 is 9.53 Å². The Kier molecular flexibility index (Phi) is 4.54. The van der Waals surface area contributed by atoms with Crippen LogP contribution >= 0.6 is 0 Å². The van der Waals surface area contributed by atoms with Gasteiger partial charge in [0.2, 0.25) is 0 Å². The fourth-order valence-electron chi connectivity index (χ4n) is 2.96. The molecule has 0 aliphatic carbocycles. The number of hydrogen-bond acceptors (Lipinski definition) is 5. The number of amides is 1. The molecule has 4 rings (SSSR count). The van der Waals surface area contributed by atoms with Crippen LogP contribution in [-0.4, -0.2) is 36.1 Å². The lowest BCUT2D eigenvalue weighted by molar-refractivity contribution is 0.0635. The molecule has 0 saturated heterocycles. The number of aryl methyl sites for hydroxylation is 1. The normalized spacial score (nSPS) is 11.6. The fourth-order valence-corrected chi connectivity index (χ4v) is 2.96. The molecular weight excluding hydrogens is 368 g/mol. The summed E-state index contributed by atoms with van der Waals surface area (Å²) in [6.07, 6.45) is 3.07. The number of rotatable bonds is 3. The molecule has 0 bridgehead atoms. The van der Waals surface area contributed by atoms with Crippen LogP contribution in [0.3, 0.4) is 0 Å². The second-order valence-electron chi connectivity index (χ2n) is 7.71. The van der Waals surface area contributed by atoms with Gasteiger partial charge < -0.3 is 4.74 Å². The summed E-state index contributed by atoms with van der Waals surface area (Å²) in [4.78, 5) is 16.8. The van der Waals surface area contributed by atoms with Crippen LogP contribution in [0.4, 0.5) is 10.6 Å². The van der Waals surface area contributed by atoms with Gasteiger partial charge in [0, 0.05) is 29.7 Å². The number of ether oxygens (including phenoxy) is 1. The third-order valence-corrected chi connectivity index (χ3v) is 4.12. The summed E-state index contributed by atoms with van der Waals surface area (Å²) in [7, 11) is 0. The van der Waals surface area contributed by atoms with Crippen LogP contribution < -0.4 is 5.32 Å². The van der Waals surface area contributed by atoms with E-state index in [9.17, 15) is 4.79 Å². The molecule has 0 aliphatic heterocycles. The molecule has 0 fully saturated rings. The molecule has 0 aromatic carbocycles. The Labute approximate surface area is 168 Å². The molecule has 0 saturated carbocycles. The Morgan fingerprint density at radius 2 is 1.97 bits per heavy atom. The fraction of sp³-hybridized carbons (Fsp3) is 0.238. The van der Waals surface area contributed by atoms with E-state index in [1.807, 2.05) is 70.3 Å².